The van der Waals surface area contributed by atoms with Gasteiger partial charge in [-0.3, -0.25) is 4.98 Å². The Morgan fingerprint density at radius 3 is 2.53 bits per heavy atom. The quantitative estimate of drug-likeness (QED) is 0.890. The minimum absolute atomic E-state index is 0.272. The fourth-order valence-electron chi connectivity index (χ4n) is 2.19. The second-order valence-corrected chi connectivity index (χ2v) is 4.48. The molecule has 5 heteroatoms. The highest BCUT2D eigenvalue weighted by Gasteiger charge is 2.12. The summed E-state index contributed by atoms with van der Waals surface area (Å²) in [6.45, 7) is 3.76. The molecule has 0 aliphatic carbocycles. The molecule has 0 unspecified atom stereocenters. The maximum absolute atomic E-state index is 13.6. The van der Waals surface area contributed by atoms with E-state index in [0.717, 1.165) is 32.0 Å². The first-order valence-electron chi connectivity index (χ1n) is 6.37. The van der Waals surface area contributed by atoms with Gasteiger partial charge in [0, 0.05) is 31.7 Å². The van der Waals surface area contributed by atoms with Crippen molar-refractivity contribution in [1.29, 1.82) is 0 Å². The Bertz CT molecular complexity index is 550. The van der Waals surface area contributed by atoms with Crippen molar-refractivity contribution in [2.75, 3.05) is 31.1 Å². The molecule has 2 heterocycles. The van der Waals surface area contributed by atoms with E-state index in [4.69, 9.17) is 0 Å². The SMILES string of the molecule is Fc1ccccc1-c1cnc(N2CCNCC2)cn1. The summed E-state index contributed by atoms with van der Waals surface area (Å²) in [6, 6.07) is 6.61. The minimum Gasteiger partial charge on any atom is -0.353 e. The number of nitrogens with zero attached hydrogens (tertiary/aromatic N) is 3. The lowest BCUT2D eigenvalue weighted by Crippen LogP contribution is -2.43. The van der Waals surface area contributed by atoms with Crippen LogP contribution in [0.4, 0.5) is 10.2 Å². The molecule has 1 saturated heterocycles. The first-order valence-corrected chi connectivity index (χ1v) is 6.37. The molecule has 0 saturated carbocycles. The molecule has 1 aromatic heterocycles. The molecule has 0 amide bonds. The van der Waals surface area contributed by atoms with Crippen molar-refractivity contribution >= 4 is 5.82 Å². The smallest absolute Gasteiger partial charge is 0.147 e. The number of hydrogen-bond donors (Lipinski definition) is 1. The molecule has 98 valence electrons. The van der Waals surface area contributed by atoms with Crippen LogP contribution in [0.2, 0.25) is 0 Å². The van der Waals surface area contributed by atoms with Gasteiger partial charge in [0.05, 0.1) is 18.1 Å². The van der Waals surface area contributed by atoms with Crippen molar-refractivity contribution in [3.63, 3.8) is 0 Å². The molecule has 1 N–H and O–H groups in total. The van der Waals surface area contributed by atoms with E-state index in [1.54, 1.807) is 30.6 Å². The van der Waals surface area contributed by atoms with Crippen molar-refractivity contribution in [3.8, 4) is 11.3 Å². The molecule has 0 radical (unpaired) electrons. The van der Waals surface area contributed by atoms with Crippen molar-refractivity contribution in [3.05, 3.63) is 42.5 Å². The van der Waals surface area contributed by atoms with Gasteiger partial charge in [-0.15, -0.1) is 0 Å². The zero-order chi connectivity index (χ0) is 13.1. The highest BCUT2D eigenvalue weighted by Crippen LogP contribution is 2.20. The Morgan fingerprint density at radius 2 is 1.84 bits per heavy atom. The Labute approximate surface area is 111 Å². The molecule has 2 aromatic rings. The molecule has 1 aliphatic rings. The average Bonchev–Trinajstić information content (AvgIpc) is 2.49. The largest absolute Gasteiger partial charge is 0.353 e. The van der Waals surface area contributed by atoms with Gasteiger partial charge in [0.25, 0.3) is 0 Å². The molecule has 3 rings (SSSR count). The summed E-state index contributed by atoms with van der Waals surface area (Å²) >= 11 is 0. The number of nitrogens with one attached hydrogen (secondary N) is 1. The van der Waals surface area contributed by atoms with Crippen molar-refractivity contribution in [1.82, 2.24) is 15.3 Å². The zero-order valence-corrected chi connectivity index (χ0v) is 10.5. The number of benzene rings is 1. The lowest BCUT2D eigenvalue weighted by molar-refractivity contribution is 0.584. The fourth-order valence-corrected chi connectivity index (χ4v) is 2.19. The average molecular weight is 258 g/mol. The summed E-state index contributed by atoms with van der Waals surface area (Å²) in [4.78, 5) is 10.9. The number of aromatic nitrogens is 2. The van der Waals surface area contributed by atoms with E-state index in [1.807, 2.05) is 0 Å². The van der Waals surface area contributed by atoms with Gasteiger partial charge in [0.1, 0.15) is 11.6 Å². The summed E-state index contributed by atoms with van der Waals surface area (Å²) < 4.78 is 13.6. The molecule has 0 atom stereocenters. The summed E-state index contributed by atoms with van der Waals surface area (Å²) in [6.07, 6.45) is 3.35. The minimum atomic E-state index is -0.272. The monoisotopic (exact) mass is 258 g/mol. The Hall–Kier alpha value is -2.01. The number of halogens is 1. The number of piperazine rings is 1. The molecular formula is C14H15FN4. The summed E-state index contributed by atoms with van der Waals surface area (Å²) in [7, 11) is 0. The second kappa shape index (κ2) is 5.32. The zero-order valence-electron chi connectivity index (χ0n) is 10.5. The van der Waals surface area contributed by atoms with Gasteiger partial charge in [0.2, 0.25) is 0 Å². The standard InChI is InChI=1S/C14H15FN4/c15-12-4-2-1-3-11(12)13-9-18-14(10-17-13)19-7-5-16-6-8-19/h1-4,9-10,16H,5-8H2. The Kier molecular flexibility index (Phi) is 3.37. The molecule has 4 nitrogen and oxygen atoms in total. The molecule has 1 aromatic carbocycles. The van der Waals surface area contributed by atoms with Gasteiger partial charge in [-0.05, 0) is 12.1 Å². The Morgan fingerprint density at radius 1 is 1.05 bits per heavy atom. The van der Waals surface area contributed by atoms with Crippen molar-refractivity contribution in [2.24, 2.45) is 0 Å². The van der Waals surface area contributed by atoms with Gasteiger partial charge >= 0.3 is 0 Å². The third-order valence-corrected chi connectivity index (χ3v) is 3.23. The topological polar surface area (TPSA) is 41.1 Å². The summed E-state index contributed by atoms with van der Waals surface area (Å²) in [5, 5.41) is 3.29. The van der Waals surface area contributed by atoms with E-state index in [0.29, 0.717) is 11.3 Å². The third kappa shape index (κ3) is 2.56. The predicted molar refractivity (Wildman–Crippen MR) is 72.5 cm³/mol. The Balaban J connectivity index is 1.84. The molecule has 1 aliphatic heterocycles. The third-order valence-electron chi connectivity index (χ3n) is 3.23. The van der Waals surface area contributed by atoms with Gasteiger partial charge < -0.3 is 10.2 Å². The van der Waals surface area contributed by atoms with Crippen LogP contribution in [0.25, 0.3) is 11.3 Å². The molecule has 0 spiro atoms. The lowest BCUT2D eigenvalue weighted by Gasteiger charge is -2.28. The summed E-state index contributed by atoms with van der Waals surface area (Å²) in [5.74, 6) is 0.577. The molecule has 0 bridgehead atoms. The molecule has 1 fully saturated rings. The van der Waals surface area contributed by atoms with E-state index in [-0.39, 0.29) is 5.82 Å². The predicted octanol–water partition coefficient (Wildman–Crippen LogP) is 1.69. The van der Waals surface area contributed by atoms with Crippen LogP contribution in [0.3, 0.4) is 0 Å². The number of hydrogen-bond acceptors (Lipinski definition) is 4. The molecular weight excluding hydrogens is 243 g/mol. The van der Waals surface area contributed by atoms with Gasteiger partial charge in [-0.25, -0.2) is 9.37 Å². The lowest BCUT2D eigenvalue weighted by atomic mass is 10.1. The second-order valence-electron chi connectivity index (χ2n) is 4.48. The van der Waals surface area contributed by atoms with E-state index in [1.165, 1.54) is 6.07 Å². The first-order chi connectivity index (χ1) is 9.34. The first kappa shape index (κ1) is 12.0. The van der Waals surface area contributed by atoms with Crippen LogP contribution in [0.1, 0.15) is 0 Å². The van der Waals surface area contributed by atoms with Crippen LogP contribution in [-0.4, -0.2) is 36.1 Å². The van der Waals surface area contributed by atoms with E-state index < -0.39 is 0 Å². The summed E-state index contributed by atoms with van der Waals surface area (Å²) in [5.41, 5.74) is 1.05. The number of rotatable bonds is 2. The maximum atomic E-state index is 13.6. The van der Waals surface area contributed by atoms with Crippen LogP contribution >= 0.6 is 0 Å². The number of anilines is 1. The van der Waals surface area contributed by atoms with Crippen LogP contribution in [0.5, 0.6) is 0 Å². The van der Waals surface area contributed by atoms with Crippen molar-refractivity contribution < 1.29 is 4.39 Å². The maximum Gasteiger partial charge on any atom is 0.147 e. The normalized spacial score (nSPS) is 15.5. The van der Waals surface area contributed by atoms with Gasteiger partial charge in [-0.1, -0.05) is 12.1 Å². The highest BCUT2D eigenvalue weighted by atomic mass is 19.1. The molecule has 19 heavy (non-hydrogen) atoms. The van der Waals surface area contributed by atoms with Gasteiger partial charge in [-0.2, -0.15) is 0 Å². The van der Waals surface area contributed by atoms with E-state index in [9.17, 15) is 4.39 Å². The van der Waals surface area contributed by atoms with Crippen LogP contribution in [-0.2, 0) is 0 Å². The van der Waals surface area contributed by atoms with Crippen LogP contribution < -0.4 is 10.2 Å². The van der Waals surface area contributed by atoms with Crippen LogP contribution in [0.15, 0.2) is 36.7 Å². The highest BCUT2D eigenvalue weighted by molar-refractivity contribution is 5.59. The van der Waals surface area contributed by atoms with Gasteiger partial charge in [0.15, 0.2) is 0 Å². The fraction of sp³-hybridized carbons (Fsp3) is 0.286. The van der Waals surface area contributed by atoms with Crippen LogP contribution in [0, 0.1) is 5.82 Å². The van der Waals surface area contributed by atoms with E-state index >= 15 is 0 Å². The van der Waals surface area contributed by atoms with Crippen molar-refractivity contribution in [2.45, 2.75) is 0 Å². The van der Waals surface area contributed by atoms with E-state index in [2.05, 4.69) is 20.2 Å².